The number of carbonyl (C=O) groups is 2. The fourth-order valence-corrected chi connectivity index (χ4v) is 5.63. The van der Waals surface area contributed by atoms with Crippen molar-refractivity contribution in [3.05, 3.63) is 57.9 Å². The number of rotatable bonds is 8. The van der Waals surface area contributed by atoms with Gasteiger partial charge in [0.25, 0.3) is 0 Å². The van der Waals surface area contributed by atoms with Crippen LogP contribution in [0.1, 0.15) is 36.9 Å². The zero-order chi connectivity index (χ0) is 29.8. The third kappa shape index (κ3) is 7.07. The molecular weight excluding hydrogens is 539 g/mol. The summed E-state index contributed by atoms with van der Waals surface area (Å²) in [5, 5.41) is 34.5. The molecule has 3 unspecified atom stereocenters. The number of aromatic nitrogens is 5. The van der Waals surface area contributed by atoms with Crippen molar-refractivity contribution in [1.29, 1.82) is 0 Å². The third-order valence-corrected chi connectivity index (χ3v) is 7.53. The molecule has 2 aliphatic rings. The molecule has 0 aliphatic carbocycles. The van der Waals surface area contributed by atoms with Crippen molar-refractivity contribution >= 4 is 11.9 Å². The summed E-state index contributed by atoms with van der Waals surface area (Å²) in [6, 6.07) is 9.25. The van der Waals surface area contributed by atoms with Crippen LogP contribution in [-0.2, 0) is 41.6 Å². The van der Waals surface area contributed by atoms with Crippen LogP contribution in [-0.4, -0.2) is 87.1 Å². The molecule has 2 saturated heterocycles. The topological polar surface area (TPSA) is 165 Å². The lowest BCUT2D eigenvalue weighted by molar-refractivity contribution is -0.159. The minimum Gasteiger partial charge on any atom is -0.473 e. The third-order valence-electron chi connectivity index (χ3n) is 7.53. The summed E-state index contributed by atoms with van der Waals surface area (Å²) in [7, 11) is 3.50. The van der Waals surface area contributed by atoms with Crippen LogP contribution in [0, 0.1) is 12.7 Å². The number of aliphatic hydroxyl groups excluding tert-OH is 1. The quantitative estimate of drug-likeness (QED) is 0.333. The maximum Gasteiger partial charge on any atom is 0.414 e. The van der Waals surface area contributed by atoms with Gasteiger partial charge in [-0.2, -0.15) is 5.10 Å². The van der Waals surface area contributed by atoms with Gasteiger partial charge in [0.15, 0.2) is 5.82 Å². The van der Waals surface area contributed by atoms with E-state index in [0.717, 1.165) is 37.1 Å². The molecule has 2 fully saturated rings. The Morgan fingerprint density at radius 3 is 2.27 bits per heavy atom. The van der Waals surface area contributed by atoms with E-state index in [0.29, 0.717) is 30.0 Å². The number of benzene rings is 1. The Morgan fingerprint density at radius 1 is 1.07 bits per heavy atom. The Labute approximate surface area is 235 Å². The van der Waals surface area contributed by atoms with Gasteiger partial charge in [0.05, 0.1) is 31.1 Å². The highest BCUT2D eigenvalue weighted by Crippen LogP contribution is 2.37. The molecule has 0 spiro atoms. The van der Waals surface area contributed by atoms with Gasteiger partial charge in [-0.1, -0.05) is 18.2 Å². The molecule has 0 saturated carbocycles. The Hall–Kier alpha value is -3.88. The van der Waals surface area contributed by atoms with Gasteiger partial charge >= 0.3 is 17.6 Å². The van der Waals surface area contributed by atoms with Crippen molar-refractivity contribution < 1.29 is 34.0 Å². The average Bonchev–Trinajstić information content (AvgIpc) is 3.47. The van der Waals surface area contributed by atoms with Crippen LogP contribution in [0.5, 0.6) is 0 Å². The van der Waals surface area contributed by atoms with Crippen LogP contribution >= 0.6 is 0 Å². The second-order valence-electron chi connectivity index (χ2n) is 10.5. The van der Waals surface area contributed by atoms with E-state index in [1.54, 1.807) is 23.9 Å². The highest BCUT2D eigenvalue weighted by atomic mass is 19.1. The molecule has 4 heterocycles. The number of fused-ring (bicyclic) bond motifs is 2. The molecular formula is C27H35FN6O7. The van der Waals surface area contributed by atoms with E-state index in [1.165, 1.54) is 15.3 Å². The highest BCUT2D eigenvalue weighted by molar-refractivity contribution is 6.27. The largest absolute Gasteiger partial charge is 0.473 e. The molecule has 13 nitrogen and oxygen atoms in total. The van der Waals surface area contributed by atoms with Crippen LogP contribution in [0.3, 0.4) is 0 Å². The second-order valence-corrected chi connectivity index (χ2v) is 10.5. The number of aliphatic hydroxyl groups is 1. The smallest absolute Gasteiger partial charge is 0.414 e. The number of carboxylic acids is 2. The summed E-state index contributed by atoms with van der Waals surface area (Å²) in [4.78, 5) is 33.3. The Morgan fingerprint density at radius 2 is 1.71 bits per heavy atom. The van der Waals surface area contributed by atoms with Crippen LogP contribution in [0.15, 0.2) is 35.1 Å². The number of ether oxygens (including phenoxy) is 1. The van der Waals surface area contributed by atoms with E-state index < -0.39 is 18.0 Å². The lowest BCUT2D eigenvalue weighted by Crippen LogP contribution is -2.49. The van der Waals surface area contributed by atoms with Crippen molar-refractivity contribution in [1.82, 2.24) is 29.0 Å². The monoisotopic (exact) mass is 574 g/mol. The van der Waals surface area contributed by atoms with E-state index in [4.69, 9.17) is 24.5 Å². The number of hydrogen-bond donors (Lipinski definition) is 3. The first-order valence-electron chi connectivity index (χ1n) is 13.3. The molecule has 14 heteroatoms. The predicted molar refractivity (Wildman–Crippen MR) is 143 cm³/mol. The molecule has 3 aromatic rings. The van der Waals surface area contributed by atoms with Gasteiger partial charge in [-0.05, 0) is 44.7 Å². The molecule has 3 N–H and O–H groups in total. The number of aryl methyl sites for hydroxylation is 2. The molecule has 0 amide bonds. The number of nitrogens with zero attached hydrogens (tertiary/aromatic N) is 6. The van der Waals surface area contributed by atoms with Gasteiger partial charge in [-0.25, -0.2) is 23.5 Å². The minimum absolute atomic E-state index is 0.0869. The standard InChI is InChI=1S/C25H33FN6O3.C2H2O4/c1-16-10-23(30(3)27-16)24-28-32(25(34)29(24)2)14-20(33)13-31-18-8-9-19(31)12-21(11-18)35-15-17-6-4-5-7-22(17)26;3-1(4)2(5)6/h4-7,10,18-21,33H,8-9,11-15H2,1-3H3;(H,3,4)(H,5,6). The zero-order valence-electron chi connectivity index (χ0n) is 23.2. The van der Waals surface area contributed by atoms with Crippen LogP contribution < -0.4 is 5.69 Å². The van der Waals surface area contributed by atoms with E-state index in [2.05, 4.69) is 15.1 Å². The fourth-order valence-electron chi connectivity index (χ4n) is 5.63. The van der Waals surface area contributed by atoms with Crippen molar-refractivity contribution in [3.8, 4) is 11.5 Å². The van der Waals surface area contributed by atoms with Crippen LogP contribution in [0.25, 0.3) is 11.5 Å². The fraction of sp³-hybridized carbons (Fsp3) is 0.519. The lowest BCUT2D eigenvalue weighted by Gasteiger charge is -2.39. The second kappa shape index (κ2) is 12.7. The molecule has 0 radical (unpaired) electrons. The lowest BCUT2D eigenvalue weighted by atomic mass is 9.99. The van der Waals surface area contributed by atoms with Crippen molar-refractivity contribution in [2.45, 2.75) is 70.1 Å². The van der Waals surface area contributed by atoms with Crippen LogP contribution in [0.4, 0.5) is 4.39 Å². The predicted octanol–water partition coefficient (Wildman–Crippen LogP) is 1.16. The van der Waals surface area contributed by atoms with Crippen molar-refractivity contribution in [3.63, 3.8) is 0 Å². The van der Waals surface area contributed by atoms with E-state index in [1.807, 2.05) is 26.1 Å². The maximum absolute atomic E-state index is 13.9. The normalized spacial score (nSPS) is 20.9. The Bertz CT molecular complexity index is 1420. The molecule has 3 atom stereocenters. The summed E-state index contributed by atoms with van der Waals surface area (Å²) in [6.45, 7) is 2.79. The summed E-state index contributed by atoms with van der Waals surface area (Å²) in [5.74, 6) is -3.36. The van der Waals surface area contributed by atoms with E-state index in [9.17, 15) is 14.3 Å². The molecule has 41 heavy (non-hydrogen) atoms. The first-order chi connectivity index (χ1) is 19.4. The van der Waals surface area contributed by atoms with Gasteiger partial charge in [-0.15, -0.1) is 5.10 Å². The van der Waals surface area contributed by atoms with Gasteiger partial charge in [0.1, 0.15) is 11.5 Å². The van der Waals surface area contributed by atoms with Crippen LogP contribution in [0.2, 0.25) is 0 Å². The average molecular weight is 575 g/mol. The first-order valence-corrected chi connectivity index (χ1v) is 13.3. The molecule has 2 aromatic heterocycles. The number of hydrogen-bond acceptors (Lipinski definition) is 8. The van der Waals surface area contributed by atoms with Gasteiger partial charge in [0.2, 0.25) is 0 Å². The molecule has 222 valence electrons. The van der Waals surface area contributed by atoms with Gasteiger partial charge in [0, 0.05) is 38.3 Å². The Kier molecular flexibility index (Phi) is 9.35. The molecule has 1 aromatic carbocycles. The van der Waals surface area contributed by atoms with Gasteiger partial charge in [-0.3, -0.25) is 14.1 Å². The summed E-state index contributed by atoms with van der Waals surface area (Å²) >= 11 is 0. The van der Waals surface area contributed by atoms with Gasteiger partial charge < -0.3 is 20.1 Å². The Balaban J connectivity index is 0.000000585. The van der Waals surface area contributed by atoms with E-state index in [-0.39, 0.29) is 30.8 Å². The minimum atomic E-state index is -1.82. The highest BCUT2D eigenvalue weighted by Gasteiger charge is 2.41. The van der Waals surface area contributed by atoms with E-state index >= 15 is 0 Å². The summed E-state index contributed by atoms with van der Waals surface area (Å²) in [5.41, 5.74) is 1.92. The number of halogens is 1. The number of aliphatic carboxylic acids is 2. The van der Waals surface area contributed by atoms with Crippen molar-refractivity contribution in [2.75, 3.05) is 6.54 Å². The number of carboxylic acid groups (broad SMARTS) is 2. The summed E-state index contributed by atoms with van der Waals surface area (Å²) < 4.78 is 24.5. The maximum atomic E-state index is 13.9. The summed E-state index contributed by atoms with van der Waals surface area (Å²) in [6.07, 6.45) is 3.22. The van der Waals surface area contributed by atoms with Crippen molar-refractivity contribution in [2.24, 2.45) is 14.1 Å². The molecule has 2 bridgehead atoms. The number of piperidine rings is 1. The first kappa shape index (κ1) is 30.1. The zero-order valence-corrected chi connectivity index (χ0v) is 23.2. The SMILES string of the molecule is Cc1cc(-c2nn(CC(O)CN3C4CCC3CC(OCc3ccccc3F)C4)c(=O)n2C)n(C)n1.O=C(O)C(=O)O. The molecule has 2 aliphatic heterocycles. The molecule has 5 rings (SSSR count).